The van der Waals surface area contributed by atoms with Gasteiger partial charge in [0.1, 0.15) is 23.0 Å². The van der Waals surface area contributed by atoms with Gasteiger partial charge in [-0.2, -0.15) is 0 Å². The van der Waals surface area contributed by atoms with Gasteiger partial charge in [0.15, 0.2) is 93.8 Å². The van der Waals surface area contributed by atoms with E-state index >= 15 is 26.3 Å². The summed E-state index contributed by atoms with van der Waals surface area (Å²) < 4.78 is 226. The van der Waals surface area contributed by atoms with E-state index in [1.54, 1.807) is 22.1 Å². The quantitative estimate of drug-likeness (QED) is 0.0115. The number of aromatic nitrogens is 3. The van der Waals surface area contributed by atoms with Crippen LogP contribution in [0, 0.1) is 76.9 Å². The van der Waals surface area contributed by atoms with Crippen molar-refractivity contribution in [2.45, 2.75) is 229 Å². The van der Waals surface area contributed by atoms with Crippen molar-refractivity contribution in [1.82, 2.24) is 13.7 Å². The lowest BCUT2D eigenvalue weighted by Gasteiger charge is -2.32. The van der Waals surface area contributed by atoms with Crippen molar-refractivity contribution >= 4 is 157 Å². The Kier molecular flexibility index (Phi) is 30.9. The fraction of sp³-hybridized carbons (Fsp3) is 0.363. The molecule has 2 N–H and O–H groups in total. The van der Waals surface area contributed by atoms with Crippen LogP contribution in [0.3, 0.4) is 0 Å². The van der Waals surface area contributed by atoms with Crippen molar-refractivity contribution < 1.29 is 101 Å². The van der Waals surface area contributed by atoms with Gasteiger partial charge in [-0.25, -0.2) is 52.7 Å². The number of rotatable bonds is 24. The second-order valence-electron chi connectivity index (χ2n) is 43.3. The summed E-state index contributed by atoms with van der Waals surface area (Å²) >= 11 is 6.51. The van der Waals surface area contributed by atoms with Gasteiger partial charge in [0, 0.05) is 79.3 Å². The van der Waals surface area contributed by atoms with Gasteiger partial charge in [0.2, 0.25) is 0 Å². The molecule has 16 aromatic rings. The molecular formula is C113H116BF12I2N3O10S3. The molecule has 0 atom stereocenters. The number of ether oxygens (including phenoxy) is 6. The molecule has 6 aromatic heterocycles. The Morgan fingerprint density at radius 3 is 0.854 bits per heavy atom. The van der Waals surface area contributed by atoms with E-state index in [1.165, 1.54) is 67.1 Å². The SMILES string of the molecule is CC(C)(C)c1ccc2c(c1)c1cc(C(C)(C)C)ccc1n2-c1csc(-c2c(OCCCCOc3cc(F)c(F)c(F)c3-c3scc(-n4c5ccc(C(C)(C)C)cc5c5cc(C(C)(C)C)ccc54)c3O)cc(F)c(F)c2F)c1O.CCOCOc1c(-n2c3ccc(C(C)(C)C)cc3c3cc(C(C)(C)C)ccc32)csc1B1OC(C)(C)C(C)(C)O1.Fc1cc(OCCCCOc2cc(F)c(F)c(F)c2I)c(I)c(F)c1F. The normalized spacial score (nSPS) is 13.7. The number of hydrogen-bond donors (Lipinski definition) is 2. The Morgan fingerprint density at radius 2 is 0.583 bits per heavy atom. The van der Waals surface area contributed by atoms with Crippen molar-refractivity contribution in [2.75, 3.05) is 39.8 Å². The zero-order chi connectivity index (χ0) is 105. The molecule has 10 aromatic carbocycles. The average Bonchev–Trinajstić information content (AvgIpc) is 1.58. The maximum absolute atomic E-state index is 16.1. The van der Waals surface area contributed by atoms with E-state index in [9.17, 15) is 36.6 Å². The van der Waals surface area contributed by atoms with Crippen molar-refractivity contribution in [2.24, 2.45) is 0 Å². The average molecular weight is 2260 g/mol. The summed E-state index contributed by atoms with van der Waals surface area (Å²) in [6, 6.07) is 41.4. The highest BCUT2D eigenvalue weighted by molar-refractivity contribution is 14.1. The Hall–Kier alpha value is -10.1. The Morgan fingerprint density at radius 1 is 0.333 bits per heavy atom. The molecule has 0 aliphatic carbocycles. The second kappa shape index (κ2) is 41.2. The second-order valence-corrected chi connectivity index (χ2v) is 48.1. The number of thiophene rings is 3. The van der Waals surface area contributed by atoms with Crippen LogP contribution in [0.15, 0.2) is 150 Å². The zero-order valence-electron chi connectivity index (χ0n) is 84.6. The fourth-order valence-electron chi connectivity index (χ4n) is 17.2. The summed E-state index contributed by atoms with van der Waals surface area (Å²) in [4.78, 5) is -0.162. The number of benzene rings is 10. The molecule has 7 heterocycles. The monoisotopic (exact) mass is 2260 g/mol. The Labute approximate surface area is 870 Å². The molecule has 31 heteroatoms. The molecule has 144 heavy (non-hydrogen) atoms. The molecule has 0 spiro atoms. The minimum atomic E-state index is -1.74. The molecule has 0 bridgehead atoms. The van der Waals surface area contributed by atoms with Crippen LogP contribution in [-0.2, 0) is 46.5 Å². The third-order valence-electron chi connectivity index (χ3n) is 26.4. The third kappa shape index (κ3) is 21.4. The van der Waals surface area contributed by atoms with Crippen LogP contribution in [0.2, 0.25) is 0 Å². The first-order valence-electron chi connectivity index (χ1n) is 47.4. The molecule has 0 saturated carbocycles. The van der Waals surface area contributed by atoms with Crippen LogP contribution in [0.25, 0.3) is 103 Å². The summed E-state index contributed by atoms with van der Waals surface area (Å²) in [6.07, 6.45) is 1.10. The van der Waals surface area contributed by atoms with Gasteiger partial charge in [-0.15, -0.1) is 34.0 Å². The highest BCUT2D eigenvalue weighted by Gasteiger charge is 2.54. The van der Waals surface area contributed by atoms with Gasteiger partial charge >= 0.3 is 7.12 Å². The molecular weight excluding hydrogens is 2150 g/mol. The Bertz CT molecular complexity index is 7070. The maximum Gasteiger partial charge on any atom is 0.509 e. The van der Waals surface area contributed by atoms with E-state index in [2.05, 4.69) is 223 Å². The number of halogens is 14. The first kappa shape index (κ1) is 108. The molecule has 762 valence electrons. The molecule has 1 saturated heterocycles. The number of hydrogen-bond acceptors (Lipinski definition) is 13. The number of aromatic hydroxyl groups is 2. The Balaban J connectivity index is 0.000000195. The lowest BCUT2D eigenvalue weighted by Crippen LogP contribution is -2.41. The van der Waals surface area contributed by atoms with Gasteiger partial charge in [-0.1, -0.05) is 161 Å². The topological polar surface area (TPSA) is 129 Å². The fourth-order valence-corrected chi connectivity index (χ4v) is 21.2. The molecule has 17 rings (SSSR count). The van der Waals surface area contributed by atoms with Gasteiger partial charge in [0.05, 0.1) is 121 Å². The van der Waals surface area contributed by atoms with Gasteiger partial charge in [-0.05, 0) is 244 Å². The summed E-state index contributed by atoms with van der Waals surface area (Å²) in [6.45, 7) is 50.0. The summed E-state index contributed by atoms with van der Waals surface area (Å²) in [5, 5.41) is 35.8. The van der Waals surface area contributed by atoms with Crippen LogP contribution >= 0.6 is 79.2 Å². The van der Waals surface area contributed by atoms with Crippen LogP contribution in [0.5, 0.6) is 40.2 Å². The largest absolute Gasteiger partial charge is 0.509 e. The predicted molar refractivity (Wildman–Crippen MR) is 573 cm³/mol. The van der Waals surface area contributed by atoms with Gasteiger partial charge in [0.25, 0.3) is 0 Å². The number of unbranched alkanes of at least 4 members (excludes halogenated alkanes) is 2. The molecule has 0 unspecified atom stereocenters. The van der Waals surface area contributed by atoms with Crippen LogP contribution in [0.1, 0.15) is 218 Å². The van der Waals surface area contributed by atoms with E-state index < -0.39 is 99.3 Å². The van der Waals surface area contributed by atoms with E-state index in [0.29, 0.717) is 30.8 Å². The number of nitrogens with zero attached hydrogens (tertiary/aromatic N) is 3. The van der Waals surface area contributed by atoms with Crippen LogP contribution < -0.4 is 28.5 Å². The van der Waals surface area contributed by atoms with Crippen LogP contribution in [-0.4, -0.2) is 82.1 Å². The first-order chi connectivity index (χ1) is 67.3. The third-order valence-corrected chi connectivity index (χ3v) is 31.3. The van der Waals surface area contributed by atoms with E-state index in [0.717, 1.165) is 140 Å². The molecule has 13 nitrogen and oxygen atoms in total. The highest BCUT2D eigenvalue weighted by atomic mass is 127. The maximum atomic E-state index is 16.1. The summed E-state index contributed by atoms with van der Waals surface area (Å²) in [5.41, 5.74) is 11.7. The number of fused-ring (bicyclic) bond motifs is 9. The lowest BCUT2D eigenvalue weighted by atomic mass is 9.85. The standard InChI is InChI=1S/C64H62F6N2O4S2.C33H44BNO4S.C16H10F6I2O2/c1-61(2,3)33-15-19-43-37(25-33)38-26-34(62(4,5)6)16-20-44(38)71(43)47-31-77-59(57(47)73)51-49(29-41(65)53(67)55(51)69)75-23-13-14-24-76-50-30-42(66)54(68)56(70)52(50)60-58(74)48(32-78-60)72-45-21-17-35(63(7,8)9)27-39(45)40-28-36(64(10,11)12)18-22-46(40)72;1-12-36-20-37-28-27(19-40-29(28)34-38-32(8,9)33(10,11)39-34)35-25-15-13-21(30(2,3)4)17-23(25)24-18-22(31(5,6)7)14-16-26(24)35;17-7-5-9(15(23)13(21)11(7)19)25-3-1-2-4-26-10-6-8(18)12(20)14(22)16(10)24/h15-22,25-32,73-74H,13-14,23-24H2,1-12H3;13-19H,12,20H2,1-11H3;5-6H,1-4H2. The van der Waals surface area contributed by atoms with Gasteiger partial charge in [-0.3, -0.25) is 0 Å². The lowest BCUT2D eigenvalue weighted by molar-refractivity contribution is 0.00578. The summed E-state index contributed by atoms with van der Waals surface area (Å²) in [5.74, 6) is -19.0. The first-order valence-corrected chi connectivity index (χ1v) is 52.2. The molecule has 0 amide bonds. The smallest absolute Gasteiger partial charge is 0.504 e. The van der Waals surface area contributed by atoms with Crippen molar-refractivity contribution in [3.8, 4) is 78.2 Å². The van der Waals surface area contributed by atoms with E-state index in [1.807, 2.05) is 64.6 Å². The van der Waals surface area contributed by atoms with E-state index in [4.69, 9.17) is 37.7 Å². The highest BCUT2D eigenvalue weighted by Crippen LogP contribution is 2.53. The minimum Gasteiger partial charge on any atom is -0.504 e. The predicted octanol–water partition coefficient (Wildman–Crippen LogP) is 33.1. The van der Waals surface area contributed by atoms with Crippen molar-refractivity contribution in [3.05, 3.63) is 260 Å². The minimum absolute atomic E-state index is 0.0440. The van der Waals surface area contributed by atoms with Gasteiger partial charge < -0.3 is 61.6 Å². The van der Waals surface area contributed by atoms with Crippen molar-refractivity contribution in [1.29, 1.82) is 0 Å². The van der Waals surface area contributed by atoms with Crippen LogP contribution in [0.4, 0.5) is 52.7 Å². The molecule has 1 aliphatic rings. The van der Waals surface area contributed by atoms with E-state index in [-0.39, 0.29) is 130 Å². The molecule has 1 fully saturated rings. The van der Waals surface area contributed by atoms with Crippen molar-refractivity contribution in [3.63, 3.8) is 0 Å². The molecule has 1 aliphatic heterocycles. The zero-order valence-corrected chi connectivity index (χ0v) is 91.4. The molecule has 0 radical (unpaired) electrons. The summed E-state index contributed by atoms with van der Waals surface area (Å²) in [7, 11) is -0.520.